The Labute approximate surface area is 75.4 Å². The molecule has 0 aromatic carbocycles. The van der Waals surface area contributed by atoms with Crippen LogP contribution >= 0.6 is 0 Å². The van der Waals surface area contributed by atoms with Crippen LogP contribution in [0, 0.1) is 0 Å². The van der Waals surface area contributed by atoms with E-state index < -0.39 is 6.04 Å². The molecule has 6 nitrogen and oxygen atoms in total. The minimum atomic E-state index is -0.535. The van der Waals surface area contributed by atoms with Gasteiger partial charge < -0.3 is 5.11 Å². The van der Waals surface area contributed by atoms with Gasteiger partial charge in [0, 0.05) is 23.3 Å². The summed E-state index contributed by atoms with van der Waals surface area (Å²) in [6.07, 6.45) is 1.62. The SMILES string of the molecule is CCn1nccc1C(CO)N=[N+]=[N-]. The van der Waals surface area contributed by atoms with Gasteiger partial charge in [-0.1, -0.05) is 5.11 Å². The van der Waals surface area contributed by atoms with Crippen molar-refractivity contribution in [3.8, 4) is 0 Å². The summed E-state index contributed by atoms with van der Waals surface area (Å²) in [5.41, 5.74) is 8.99. The van der Waals surface area contributed by atoms with Crippen LogP contribution in [0.2, 0.25) is 0 Å². The quantitative estimate of drug-likeness (QED) is 0.430. The van der Waals surface area contributed by atoms with Crippen molar-refractivity contribution in [1.82, 2.24) is 9.78 Å². The van der Waals surface area contributed by atoms with E-state index >= 15 is 0 Å². The van der Waals surface area contributed by atoms with Crippen molar-refractivity contribution in [3.05, 3.63) is 28.4 Å². The van der Waals surface area contributed by atoms with E-state index in [2.05, 4.69) is 15.1 Å². The van der Waals surface area contributed by atoms with Crippen LogP contribution in [0.5, 0.6) is 0 Å². The fourth-order valence-electron chi connectivity index (χ4n) is 1.14. The Morgan fingerprint density at radius 1 is 1.85 bits per heavy atom. The molecule has 13 heavy (non-hydrogen) atoms. The van der Waals surface area contributed by atoms with E-state index in [-0.39, 0.29) is 6.61 Å². The van der Waals surface area contributed by atoms with Crippen LogP contribution in [-0.2, 0) is 6.54 Å². The number of hydrogen-bond acceptors (Lipinski definition) is 3. The first-order valence-electron chi connectivity index (χ1n) is 4.00. The van der Waals surface area contributed by atoms with Gasteiger partial charge in [-0.05, 0) is 18.5 Å². The highest BCUT2D eigenvalue weighted by Gasteiger charge is 2.12. The molecule has 0 bridgehead atoms. The van der Waals surface area contributed by atoms with Gasteiger partial charge in [0.25, 0.3) is 0 Å². The predicted octanol–water partition coefficient (Wildman–Crippen LogP) is 1.25. The lowest BCUT2D eigenvalue weighted by molar-refractivity contribution is 0.262. The standard InChI is InChI=1S/C7H11N5O/c1-2-12-7(3-4-9-12)6(5-13)10-11-8/h3-4,6,13H,2,5H2,1H3. The Hall–Kier alpha value is -1.52. The fourth-order valence-corrected chi connectivity index (χ4v) is 1.14. The number of rotatable bonds is 4. The molecule has 1 N–H and O–H groups in total. The van der Waals surface area contributed by atoms with Crippen LogP contribution in [0.1, 0.15) is 18.7 Å². The van der Waals surface area contributed by atoms with Gasteiger partial charge >= 0.3 is 0 Å². The van der Waals surface area contributed by atoms with Gasteiger partial charge in [0.1, 0.15) is 6.04 Å². The van der Waals surface area contributed by atoms with E-state index in [0.717, 1.165) is 5.69 Å². The van der Waals surface area contributed by atoms with Crippen molar-refractivity contribution in [2.75, 3.05) is 6.61 Å². The first kappa shape index (κ1) is 9.57. The molecule has 0 saturated heterocycles. The minimum Gasteiger partial charge on any atom is -0.396 e. The van der Waals surface area contributed by atoms with E-state index in [1.54, 1.807) is 16.9 Å². The molecule has 1 unspecified atom stereocenters. The van der Waals surface area contributed by atoms with Crippen molar-refractivity contribution >= 4 is 0 Å². The zero-order valence-electron chi connectivity index (χ0n) is 7.33. The van der Waals surface area contributed by atoms with Crippen molar-refractivity contribution in [1.29, 1.82) is 0 Å². The molecule has 1 heterocycles. The summed E-state index contributed by atoms with van der Waals surface area (Å²) in [6.45, 7) is 2.43. The highest BCUT2D eigenvalue weighted by atomic mass is 16.3. The fraction of sp³-hybridized carbons (Fsp3) is 0.571. The number of aliphatic hydroxyl groups excluding tert-OH is 1. The third-order valence-electron chi connectivity index (χ3n) is 1.75. The van der Waals surface area contributed by atoms with E-state index in [1.165, 1.54) is 0 Å². The van der Waals surface area contributed by atoms with Crippen LogP contribution in [0.15, 0.2) is 17.4 Å². The van der Waals surface area contributed by atoms with Crippen molar-refractivity contribution in [3.63, 3.8) is 0 Å². The maximum Gasteiger partial charge on any atom is 0.102 e. The van der Waals surface area contributed by atoms with Gasteiger partial charge in [-0.15, -0.1) is 0 Å². The second kappa shape index (κ2) is 4.49. The predicted molar refractivity (Wildman–Crippen MR) is 46.9 cm³/mol. The van der Waals surface area contributed by atoms with Crippen LogP contribution in [-0.4, -0.2) is 21.5 Å². The largest absolute Gasteiger partial charge is 0.396 e. The second-order valence-electron chi connectivity index (χ2n) is 2.48. The van der Waals surface area contributed by atoms with Gasteiger partial charge in [0.15, 0.2) is 0 Å². The number of aliphatic hydroxyl groups is 1. The molecule has 1 atom stereocenters. The van der Waals surface area contributed by atoms with E-state index in [1.807, 2.05) is 6.92 Å². The first-order valence-corrected chi connectivity index (χ1v) is 4.00. The molecular formula is C7H11N5O. The van der Waals surface area contributed by atoms with Gasteiger partial charge in [-0.2, -0.15) is 5.10 Å². The Kier molecular flexibility index (Phi) is 3.31. The molecule has 1 aromatic heterocycles. The number of azide groups is 1. The summed E-state index contributed by atoms with van der Waals surface area (Å²) in [6, 6.07) is 1.20. The third kappa shape index (κ3) is 1.99. The number of nitrogens with zero attached hydrogens (tertiary/aromatic N) is 5. The molecule has 0 radical (unpaired) electrons. The van der Waals surface area contributed by atoms with E-state index in [4.69, 9.17) is 10.6 Å². The minimum absolute atomic E-state index is 0.199. The molecule has 0 spiro atoms. The Morgan fingerprint density at radius 2 is 2.62 bits per heavy atom. The molecule has 0 amide bonds. The average Bonchev–Trinajstić information content (AvgIpc) is 2.61. The zero-order chi connectivity index (χ0) is 9.68. The van der Waals surface area contributed by atoms with Gasteiger partial charge in [-0.3, -0.25) is 4.68 Å². The van der Waals surface area contributed by atoms with Crippen LogP contribution in [0.3, 0.4) is 0 Å². The smallest absolute Gasteiger partial charge is 0.102 e. The number of hydrogen-bond donors (Lipinski definition) is 1. The highest BCUT2D eigenvalue weighted by molar-refractivity contribution is 5.07. The molecule has 70 valence electrons. The maximum absolute atomic E-state index is 8.94. The summed E-state index contributed by atoms with van der Waals surface area (Å²) >= 11 is 0. The molecule has 0 fully saturated rings. The monoisotopic (exact) mass is 181 g/mol. The molecule has 1 rings (SSSR count). The van der Waals surface area contributed by atoms with Gasteiger partial charge in [0.05, 0.1) is 6.61 Å². The Morgan fingerprint density at radius 3 is 3.15 bits per heavy atom. The van der Waals surface area contributed by atoms with E-state index in [0.29, 0.717) is 6.54 Å². The Bertz CT molecular complexity index is 314. The average molecular weight is 181 g/mol. The summed E-state index contributed by atoms with van der Waals surface area (Å²) < 4.78 is 1.69. The second-order valence-corrected chi connectivity index (χ2v) is 2.48. The topological polar surface area (TPSA) is 86.8 Å². The third-order valence-corrected chi connectivity index (χ3v) is 1.75. The van der Waals surface area contributed by atoms with Gasteiger partial charge in [0.2, 0.25) is 0 Å². The normalized spacial score (nSPS) is 12.2. The summed E-state index contributed by atoms with van der Waals surface area (Å²) in [4.78, 5) is 2.66. The summed E-state index contributed by atoms with van der Waals surface area (Å²) in [5, 5.41) is 16.4. The van der Waals surface area contributed by atoms with Crippen molar-refractivity contribution in [2.45, 2.75) is 19.5 Å². The lowest BCUT2D eigenvalue weighted by atomic mass is 10.2. The molecule has 0 saturated carbocycles. The van der Waals surface area contributed by atoms with Crippen LogP contribution < -0.4 is 0 Å². The lowest BCUT2D eigenvalue weighted by Gasteiger charge is -2.09. The van der Waals surface area contributed by atoms with Crippen LogP contribution in [0.4, 0.5) is 0 Å². The number of aromatic nitrogens is 2. The lowest BCUT2D eigenvalue weighted by Crippen LogP contribution is -2.09. The highest BCUT2D eigenvalue weighted by Crippen LogP contribution is 2.16. The first-order chi connectivity index (χ1) is 6.33. The Balaban J connectivity index is 2.96. The maximum atomic E-state index is 8.94. The molecule has 0 aliphatic carbocycles. The summed E-state index contributed by atoms with van der Waals surface area (Å²) in [7, 11) is 0. The van der Waals surface area contributed by atoms with E-state index in [9.17, 15) is 0 Å². The molecule has 0 aliphatic rings. The zero-order valence-corrected chi connectivity index (χ0v) is 7.33. The van der Waals surface area contributed by atoms with Crippen molar-refractivity contribution in [2.24, 2.45) is 5.11 Å². The van der Waals surface area contributed by atoms with Crippen LogP contribution in [0.25, 0.3) is 10.4 Å². The molecular weight excluding hydrogens is 170 g/mol. The molecule has 1 aromatic rings. The number of aryl methyl sites for hydroxylation is 1. The molecule has 6 heteroatoms. The van der Waals surface area contributed by atoms with Crippen molar-refractivity contribution < 1.29 is 5.11 Å². The molecule has 0 aliphatic heterocycles. The van der Waals surface area contributed by atoms with Gasteiger partial charge in [-0.25, -0.2) is 0 Å². The summed E-state index contributed by atoms with van der Waals surface area (Å²) in [5.74, 6) is 0.